The van der Waals surface area contributed by atoms with E-state index >= 15 is 0 Å². The van der Waals surface area contributed by atoms with E-state index in [9.17, 15) is 0 Å². The fraction of sp³-hybridized carbons (Fsp3) is 0.0588. The normalized spacial score (nSPS) is 12.7. The zero-order chi connectivity index (χ0) is 14.2. The maximum absolute atomic E-state index is 4.40. The highest BCUT2D eigenvalue weighted by Gasteiger charge is 2.24. The minimum atomic E-state index is 0.765. The van der Waals surface area contributed by atoms with Crippen LogP contribution >= 0.6 is 11.8 Å². The summed E-state index contributed by atoms with van der Waals surface area (Å²) in [5, 5.41) is 0. The fourth-order valence-corrected chi connectivity index (χ4v) is 3.81. The number of hydrogen-bond donors (Lipinski definition) is 0. The largest absolute Gasteiger partial charge is 0.342 e. The number of rotatable bonds is 1. The third-order valence-electron chi connectivity index (χ3n) is 3.59. The Kier molecular flexibility index (Phi) is 2.89. The third kappa shape index (κ3) is 1.99. The minimum Gasteiger partial charge on any atom is -0.342 e. The summed E-state index contributed by atoms with van der Waals surface area (Å²) in [6.45, 7) is 0. The first kappa shape index (κ1) is 12.4. The van der Waals surface area contributed by atoms with E-state index in [1.807, 2.05) is 6.07 Å². The van der Waals surface area contributed by atoms with Gasteiger partial charge in [0.25, 0.3) is 0 Å². The fourth-order valence-electron chi connectivity index (χ4n) is 2.63. The van der Waals surface area contributed by atoms with Gasteiger partial charge >= 0.3 is 0 Å². The summed E-state index contributed by atoms with van der Waals surface area (Å²) in [6.07, 6.45) is 3.57. The van der Waals surface area contributed by atoms with Crippen molar-refractivity contribution >= 4 is 23.1 Å². The van der Waals surface area contributed by atoms with E-state index < -0.39 is 0 Å². The summed E-state index contributed by atoms with van der Waals surface area (Å²) < 4.78 is 0. The number of fused-ring (bicyclic) bond motifs is 2. The minimum absolute atomic E-state index is 0.765. The first-order valence-electron chi connectivity index (χ1n) is 6.75. The van der Waals surface area contributed by atoms with Crippen LogP contribution in [0.2, 0.25) is 0 Å². The molecular formula is C17H13N3S. The second kappa shape index (κ2) is 4.90. The molecule has 0 aliphatic carbocycles. The number of aromatic nitrogens is 2. The number of hydrogen-bond acceptors (Lipinski definition) is 4. The van der Waals surface area contributed by atoms with Gasteiger partial charge in [-0.3, -0.25) is 0 Å². The van der Waals surface area contributed by atoms with Crippen LogP contribution in [-0.4, -0.2) is 17.0 Å². The van der Waals surface area contributed by atoms with Gasteiger partial charge in [-0.05, 0) is 30.3 Å². The molecule has 1 aliphatic heterocycles. The Bertz CT molecular complexity index is 802. The molecule has 0 unspecified atom stereocenters. The Morgan fingerprint density at radius 3 is 2.48 bits per heavy atom. The Balaban J connectivity index is 1.93. The molecule has 0 atom stereocenters. The molecule has 0 bridgehead atoms. The molecule has 21 heavy (non-hydrogen) atoms. The molecule has 4 rings (SSSR count). The number of nitrogens with zero attached hydrogens (tertiary/aromatic N) is 3. The van der Waals surface area contributed by atoms with Crippen LogP contribution in [0.25, 0.3) is 11.4 Å². The first-order chi connectivity index (χ1) is 10.3. The van der Waals surface area contributed by atoms with Crippen LogP contribution in [0.5, 0.6) is 0 Å². The van der Waals surface area contributed by atoms with Crippen molar-refractivity contribution in [2.24, 2.45) is 0 Å². The van der Waals surface area contributed by atoms with Crippen LogP contribution in [0.4, 0.5) is 11.4 Å². The standard InChI is InChI=1S/C17H13N3S/c1-20-13-7-2-3-8-14(13)21-15-9-4-6-12(16(15)20)17-18-10-5-11-19-17/h2-11H,1H3. The SMILES string of the molecule is CN1c2ccccc2Sc2cccc(-c3ncccn3)c21. The van der Waals surface area contributed by atoms with E-state index in [1.54, 1.807) is 24.2 Å². The molecule has 0 saturated heterocycles. The Labute approximate surface area is 127 Å². The predicted octanol–water partition coefficient (Wildman–Crippen LogP) is 4.38. The van der Waals surface area contributed by atoms with Gasteiger partial charge in [-0.25, -0.2) is 9.97 Å². The van der Waals surface area contributed by atoms with Gasteiger partial charge in [0.15, 0.2) is 5.82 Å². The highest BCUT2D eigenvalue weighted by Crippen LogP contribution is 2.50. The number of anilines is 2. The van der Waals surface area contributed by atoms with Gasteiger partial charge in [0.1, 0.15) is 0 Å². The second-order valence-electron chi connectivity index (χ2n) is 4.85. The average molecular weight is 291 g/mol. The molecule has 3 nitrogen and oxygen atoms in total. The average Bonchev–Trinajstić information content (AvgIpc) is 2.55. The van der Waals surface area contributed by atoms with Crippen molar-refractivity contribution in [3.05, 3.63) is 60.9 Å². The van der Waals surface area contributed by atoms with E-state index in [0.717, 1.165) is 11.4 Å². The Morgan fingerprint density at radius 2 is 1.62 bits per heavy atom. The Morgan fingerprint density at radius 1 is 0.857 bits per heavy atom. The zero-order valence-electron chi connectivity index (χ0n) is 11.5. The van der Waals surface area contributed by atoms with Crippen molar-refractivity contribution in [2.45, 2.75) is 9.79 Å². The summed E-state index contributed by atoms with van der Waals surface area (Å²) >= 11 is 1.80. The van der Waals surface area contributed by atoms with Crippen LogP contribution in [0.15, 0.2) is 70.7 Å². The maximum atomic E-state index is 4.40. The molecule has 2 heterocycles. The molecule has 0 saturated carbocycles. The topological polar surface area (TPSA) is 29.0 Å². The third-order valence-corrected chi connectivity index (χ3v) is 4.70. The molecule has 2 aromatic carbocycles. The summed E-state index contributed by atoms with van der Waals surface area (Å²) in [6, 6.07) is 16.6. The van der Waals surface area contributed by atoms with Crippen molar-refractivity contribution in [3.8, 4) is 11.4 Å². The molecule has 3 aromatic rings. The van der Waals surface area contributed by atoms with Gasteiger partial charge in [0, 0.05) is 34.8 Å². The van der Waals surface area contributed by atoms with Crippen LogP contribution in [0, 0.1) is 0 Å². The molecular weight excluding hydrogens is 278 g/mol. The highest BCUT2D eigenvalue weighted by atomic mass is 32.2. The number of para-hydroxylation sites is 2. The summed E-state index contributed by atoms with van der Waals surface area (Å²) in [4.78, 5) is 13.5. The number of benzene rings is 2. The van der Waals surface area contributed by atoms with Crippen molar-refractivity contribution in [1.82, 2.24) is 9.97 Å². The van der Waals surface area contributed by atoms with Gasteiger partial charge in [-0.2, -0.15) is 0 Å². The van der Waals surface area contributed by atoms with E-state index in [4.69, 9.17) is 0 Å². The van der Waals surface area contributed by atoms with Crippen LogP contribution in [0.3, 0.4) is 0 Å². The van der Waals surface area contributed by atoms with Crippen LogP contribution < -0.4 is 4.90 Å². The predicted molar refractivity (Wildman–Crippen MR) is 86.1 cm³/mol. The smallest absolute Gasteiger partial charge is 0.161 e. The lowest BCUT2D eigenvalue weighted by Gasteiger charge is -2.31. The van der Waals surface area contributed by atoms with E-state index in [1.165, 1.54) is 21.2 Å². The van der Waals surface area contributed by atoms with Gasteiger partial charge in [0.05, 0.1) is 11.4 Å². The van der Waals surface area contributed by atoms with Crippen molar-refractivity contribution < 1.29 is 0 Å². The quantitative estimate of drug-likeness (QED) is 0.665. The van der Waals surface area contributed by atoms with Crippen LogP contribution in [-0.2, 0) is 0 Å². The highest BCUT2D eigenvalue weighted by molar-refractivity contribution is 7.99. The van der Waals surface area contributed by atoms with Gasteiger partial charge in [0.2, 0.25) is 0 Å². The Hall–Kier alpha value is -2.33. The molecule has 0 N–H and O–H groups in total. The lowest BCUT2D eigenvalue weighted by molar-refractivity contribution is 1.10. The molecule has 1 aromatic heterocycles. The molecule has 0 spiro atoms. The van der Waals surface area contributed by atoms with Crippen LogP contribution in [0.1, 0.15) is 0 Å². The lowest BCUT2D eigenvalue weighted by Crippen LogP contribution is -2.15. The first-order valence-corrected chi connectivity index (χ1v) is 7.57. The molecule has 102 valence electrons. The van der Waals surface area contributed by atoms with E-state index in [0.29, 0.717) is 0 Å². The van der Waals surface area contributed by atoms with Gasteiger partial charge in [-0.1, -0.05) is 30.0 Å². The maximum Gasteiger partial charge on any atom is 0.161 e. The molecule has 1 aliphatic rings. The van der Waals surface area contributed by atoms with E-state index in [2.05, 4.69) is 64.4 Å². The molecule has 0 amide bonds. The monoisotopic (exact) mass is 291 g/mol. The van der Waals surface area contributed by atoms with Gasteiger partial charge < -0.3 is 4.90 Å². The van der Waals surface area contributed by atoms with Gasteiger partial charge in [-0.15, -0.1) is 0 Å². The molecule has 0 fully saturated rings. The zero-order valence-corrected chi connectivity index (χ0v) is 12.3. The lowest BCUT2D eigenvalue weighted by atomic mass is 10.1. The van der Waals surface area contributed by atoms with Crippen molar-refractivity contribution in [3.63, 3.8) is 0 Å². The second-order valence-corrected chi connectivity index (χ2v) is 5.94. The molecule has 4 heteroatoms. The van der Waals surface area contributed by atoms with E-state index in [-0.39, 0.29) is 0 Å². The summed E-state index contributed by atoms with van der Waals surface area (Å²) in [5.41, 5.74) is 3.46. The molecule has 0 radical (unpaired) electrons. The summed E-state index contributed by atoms with van der Waals surface area (Å²) in [5.74, 6) is 0.765. The summed E-state index contributed by atoms with van der Waals surface area (Å²) in [7, 11) is 2.10. The van der Waals surface area contributed by atoms with Crippen molar-refractivity contribution in [1.29, 1.82) is 0 Å². The van der Waals surface area contributed by atoms with Crippen molar-refractivity contribution in [2.75, 3.05) is 11.9 Å².